The molecule has 0 radical (unpaired) electrons. The van der Waals surface area contributed by atoms with Crippen LogP contribution in [0.3, 0.4) is 0 Å². The van der Waals surface area contributed by atoms with Crippen LogP contribution in [0.4, 0.5) is 0 Å². The predicted molar refractivity (Wildman–Crippen MR) is 447 cm³/mol. The number of carboxylic acid groups (broad SMARTS) is 1. The maximum absolute atomic E-state index is 13.0. The minimum atomic E-state index is -1.51. The summed E-state index contributed by atoms with van der Waals surface area (Å²) in [6.07, 6.45) is 110. The summed E-state index contributed by atoms with van der Waals surface area (Å²) >= 11 is 0. The van der Waals surface area contributed by atoms with Gasteiger partial charge in [-0.2, -0.15) is 0 Å². The Morgan fingerprint density at radius 3 is 0.767 bits per heavy atom. The minimum absolute atomic E-state index is 0.175. The Hall–Kier alpha value is -2.75. The maximum atomic E-state index is 13.0. The zero-order chi connectivity index (χ0) is 74.6. The zero-order valence-electron chi connectivity index (χ0n) is 69.8. The number of hydrogen-bond acceptors (Lipinski definition) is 7. The number of likely N-dealkylation sites (N-methyl/N-ethyl adjacent to an activating group) is 1. The topological polar surface area (TPSA) is 108 Å². The van der Waals surface area contributed by atoms with E-state index >= 15 is 0 Å². The number of rotatable bonds is 87. The molecule has 0 rings (SSSR count). The molecule has 0 aliphatic carbocycles. The molecule has 0 amide bonds. The molecule has 2 atom stereocenters. The van der Waals surface area contributed by atoms with Gasteiger partial charge in [-0.15, -0.1) is 0 Å². The van der Waals surface area contributed by atoms with Gasteiger partial charge in [-0.3, -0.25) is 9.59 Å². The maximum Gasteiger partial charge on any atom is 0.361 e. The van der Waals surface area contributed by atoms with E-state index in [1.54, 1.807) is 0 Å². The monoisotopic (exact) mass is 1450 g/mol. The summed E-state index contributed by atoms with van der Waals surface area (Å²) in [6, 6.07) is 0. The molecule has 0 spiro atoms. The number of aliphatic carboxylic acids is 1. The molecule has 0 aliphatic heterocycles. The second kappa shape index (κ2) is 84.9. The number of carboxylic acids is 1. The number of unbranched alkanes of at least 4 members (excludes halogenated alkanes) is 64. The van der Waals surface area contributed by atoms with Gasteiger partial charge >= 0.3 is 17.9 Å². The van der Waals surface area contributed by atoms with Crippen LogP contribution in [0, 0.1) is 0 Å². The van der Waals surface area contributed by atoms with E-state index in [1.165, 1.54) is 398 Å². The number of nitrogens with zero attached hydrogens (tertiary/aromatic N) is 1. The van der Waals surface area contributed by atoms with E-state index in [2.05, 4.69) is 62.5 Å². The van der Waals surface area contributed by atoms with Crippen LogP contribution in [0.1, 0.15) is 476 Å². The van der Waals surface area contributed by atoms with Gasteiger partial charge in [-0.25, -0.2) is 4.79 Å². The number of hydrogen-bond donors (Lipinski definition) is 1. The summed E-state index contributed by atoms with van der Waals surface area (Å²) in [5.74, 6) is -1.97. The lowest BCUT2D eigenvalue weighted by Crippen LogP contribution is -2.40. The second-order valence-corrected chi connectivity index (χ2v) is 32.6. The van der Waals surface area contributed by atoms with Crippen molar-refractivity contribution in [1.29, 1.82) is 0 Å². The van der Waals surface area contributed by atoms with Crippen LogP contribution in [0.2, 0.25) is 0 Å². The average Bonchev–Trinajstić information content (AvgIpc) is 1.06. The van der Waals surface area contributed by atoms with Gasteiger partial charge in [0.05, 0.1) is 34.4 Å². The van der Waals surface area contributed by atoms with Gasteiger partial charge in [-0.1, -0.05) is 435 Å². The zero-order valence-corrected chi connectivity index (χ0v) is 69.8. The van der Waals surface area contributed by atoms with Crippen molar-refractivity contribution >= 4 is 17.9 Å². The molecule has 0 bridgehead atoms. The van der Waals surface area contributed by atoms with E-state index in [9.17, 15) is 19.5 Å². The molecule has 9 heteroatoms. The van der Waals surface area contributed by atoms with Gasteiger partial charge in [0, 0.05) is 12.8 Å². The van der Waals surface area contributed by atoms with Crippen LogP contribution in [0.5, 0.6) is 0 Å². The van der Waals surface area contributed by atoms with Gasteiger partial charge in [0.2, 0.25) is 0 Å². The highest BCUT2D eigenvalue weighted by atomic mass is 16.7. The quantitative estimate of drug-likeness (QED) is 0.0211. The third kappa shape index (κ3) is 86.4. The average molecular weight is 1450 g/mol. The molecule has 9 nitrogen and oxygen atoms in total. The molecular formula is C94H178NO8+. The first kappa shape index (κ1) is 100. The summed E-state index contributed by atoms with van der Waals surface area (Å²) in [5.41, 5.74) is 0. The van der Waals surface area contributed by atoms with Crippen LogP contribution in [-0.4, -0.2) is 87.4 Å². The molecule has 1 N–H and O–H groups in total. The Morgan fingerprint density at radius 1 is 0.291 bits per heavy atom. The number of quaternary nitrogens is 1. The van der Waals surface area contributed by atoms with Crippen molar-refractivity contribution in [2.24, 2.45) is 0 Å². The number of allylic oxidation sites excluding steroid dienone is 8. The second-order valence-electron chi connectivity index (χ2n) is 32.6. The minimum Gasteiger partial charge on any atom is -0.477 e. The number of carbonyl (C=O) groups excluding carboxylic acids is 2. The lowest BCUT2D eigenvalue weighted by Gasteiger charge is -2.25. The molecule has 0 saturated heterocycles. The highest BCUT2D eigenvalue weighted by Crippen LogP contribution is 2.21. The molecule has 103 heavy (non-hydrogen) atoms. The first-order chi connectivity index (χ1) is 50.6. The lowest BCUT2D eigenvalue weighted by atomic mass is 10.0. The summed E-state index contributed by atoms with van der Waals surface area (Å²) < 4.78 is 23.1. The first-order valence-electron chi connectivity index (χ1n) is 45.8. The summed E-state index contributed by atoms with van der Waals surface area (Å²) in [6.45, 7) is 4.94. The first-order valence-corrected chi connectivity index (χ1v) is 45.8. The van der Waals surface area contributed by atoms with E-state index in [-0.39, 0.29) is 38.2 Å². The largest absolute Gasteiger partial charge is 0.477 e. The van der Waals surface area contributed by atoms with Crippen molar-refractivity contribution < 1.29 is 42.9 Å². The lowest BCUT2D eigenvalue weighted by molar-refractivity contribution is -0.870. The molecule has 0 aromatic heterocycles. The van der Waals surface area contributed by atoms with Crippen molar-refractivity contribution in [3.05, 3.63) is 48.6 Å². The molecule has 2 unspecified atom stereocenters. The van der Waals surface area contributed by atoms with E-state index in [1.807, 2.05) is 21.1 Å². The van der Waals surface area contributed by atoms with Crippen molar-refractivity contribution in [2.75, 3.05) is 47.5 Å². The number of carbonyl (C=O) groups is 3. The summed E-state index contributed by atoms with van der Waals surface area (Å²) in [5, 5.41) is 9.80. The van der Waals surface area contributed by atoms with E-state index in [0.29, 0.717) is 17.4 Å². The summed E-state index contributed by atoms with van der Waals surface area (Å²) in [7, 11) is 6.01. The normalized spacial score (nSPS) is 12.7. The standard InChI is InChI=1S/C94H177NO8/c1-6-8-10-12-14-16-18-20-22-24-26-28-30-32-34-36-38-40-42-44-46-48-50-52-54-56-58-60-62-64-66-68-70-72-74-76-78-80-82-84-91(96)101-88-90(89-102-94(93(98)99)100-87-86-95(3,4)5)103-92(97)85-83-81-79-77-75-73-71-69-67-65-63-61-59-57-55-53-51-49-47-45-43-41-39-37-35-33-31-29-27-25-23-21-19-17-15-13-11-9-7-2/h18-21,24-27,90,94H,6-17,22-23,28-89H2,1-5H3/p+1/b20-18-,21-19-,26-24-,27-25-. The molecule has 0 heterocycles. The predicted octanol–water partition coefficient (Wildman–Crippen LogP) is 29.9. The van der Waals surface area contributed by atoms with Gasteiger partial charge in [0.15, 0.2) is 6.10 Å². The Labute approximate surface area is 642 Å². The van der Waals surface area contributed by atoms with Crippen LogP contribution in [-0.2, 0) is 33.3 Å². The molecule has 0 aliphatic rings. The Kier molecular flexibility index (Phi) is 82.6. The fraction of sp³-hybridized carbons (Fsp3) is 0.883. The fourth-order valence-electron chi connectivity index (χ4n) is 14.1. The third-order valence-electron chi connectivity index (χ3n) is 21.1. The Balaban J connectivity index is 3.88. The van der Waals surface area contributed by atoms with Gasteiger partial charge < -0.3 is 28.5 Å². The van der Waals surface area contributed by atoms with Crippen LogP contribution >= 0.6 is 0 Å². The van der Waals surface area contributed by atoms with Crippen LogP contribution < -0.4 is 0 Å². The van der Waals surface area contributed by atoms with Crippen molar-refractivity contribution in [3.63, 3.8) is 0 Å². The highest BCUT2D eigenvalue weighted by Gasteiger charge is 2.25. The SMILES string of the molecule is CCCCCCC/C=C\C/C=C\CCCCCCCCCCCCCCCCCCCCCCCCCCCCCC(=O)OCC(COC(OCC[N+](C)(C)C)C(=O)O)OC(=O)CCCCCCCCCCCCCCCCCCCCCCCCCCCCC/C=C\C/C=C\CCCCCCC. The number of ether oxygens (including phenoxy) is 4. The highest BCUT2D eigenvalue weighted by molar-refractivity contribution is 5.71. The van der Waals surface area contributed by atoms with Crippen molar-refractivity contribution in [3.8, 4) is 0 Å². The van der Waals surface area contributed by atoms with E-state index in [0.717, 1.165) is 51.4 Å². The summed E-state index contributed by atoms with van der Waals surface area (Å²) in [4.78, 5) is 37.8. The molecule has 0 fully saturated rings. The van der Waals surface area contributed by atoms with Crippen LogP contribution in [0.15, 0.2) is 48.6 Å². The molecular weight excluding hydrogens is 1270 g/mol. The van der Waals surface area contributed by atoms with Gasteiger partial charge in [0.25, 0.3) is 6.29 Å². The molecule has 606 valence electrons. The molecule has 0 aromatic carbocycles. The molecule has 0 aromatic rings. The van der Waals surface area contributed by atoms with Crippen LogP contribution in [0.25, 0.3) is 0 Å². The van der Waals surface area contributed by atoms with Gasteiger partial charge in [0.1, 0.15) is 13.2 Å². The number of esters is 2. The smallest absolute Gasteiger partial charge is 0.361 e. The van der Waals surface area contributed by atoms with Gasteiger partial charge in [-0.05, 0) is 77.0 Å². The van der Waals surface area contributed by atoms with E-state index < -0.39 is 18.4 Å². The Bertz CT molecular complexity index is 1840. The third-order valence-corrected chi connectivity index (χ3v) is 21.1. The van der Waals surface area contributed by atoms with Crippen molar-refractivity contribution in [1.82, 2.24) is 0 Å². The van der Waals surface area contributed by atoms with Crippen molar-refractivity contribution in [2.45, 2.75) is 489 Å². The molecule has 0 saturated carbocycles. The van der Waals surface area contributed by atoms with E-state index in [4.69, 9.17) is 18.9 Å². The Morgan fingerprint density at radius 2 is 0.524 bits per heavy atom. The fourth-order valence-corrected chi connectivity index (χ4v) is 14.1.